The summed E-state index contributed by atoms with van der Waals surface area (Å²) < 4.78 is 6.57. The zero-order valence-electron chi connectivity index (χ0n) is 13.7. The van der Waals surface area contributed by atoms with Crippen molar-refractivity contribution in [3.05, 3.63) is 56.5 Å². The number of amides is 2. The van der Waals surface area contributed by atoms with Crippen LogP contribution >= 0.6 is 31.9 Å². The van der Waals surface area contributed by atoms with Gasteiger partial charge in [0.25, 0.3) is 11.8 Å². The molecule has 0 saturated carbocycles. The summed E-state index contributed by atoms with van der Waals surface area (Å²) in [5.41, 5.74) is 5.74. The molecule has 138 valence electrons. The van der Waals surface area contributed by atoms with E-state index >= 15 is 0 Å². The maximum absolute atomic E-state index is 12.4. The number of ether oxygens (including phenoxy) is 1. The Balaban J connectivity index is 2.35. The van der Waals surface area contributed by atoms with Crippen LogP contribution in [0, 0.1) is 11.3 Å². The lowest BCUT2D eigenvalue weighted by atomic mass is 10.1. The molecule has 0 radical (unpaired) electrons. The topological polar surface area (TPSA) is 125 Å². The number of hydrogen-bond acceptors (Lipinski definition) is 5. The first-order valence-electron chi connectivity index (χ1n) is 7.42. The first kappa shape index (κ1) is 20.5. The van der Waals surface area contributed by atoms with Gasteiger partial charge in [-0.25, -0.2) is 0 Å². The first-order chi connectivity index (χ1) is 12.8. The lowest BCUT2D eigenvalue weighted by Gasteiger charge is -2.11. The van der Waals surface area contributed by atoms with Gasteiger partial charge in [-0.05, 0) is 58.4 Å². The molecule has 0 atom stereocenters. The van der Waals surface area contributed by atoms with Crippen LogP contribution in [0.15, 0.2) is 50.9 Å². The molecule has 2 amide bonds. The zero-order chi connectivity index (χ0) is 20.0. The van der Waals surface area contributed by atoms with Crippen molar-refractivity contribution < 1.29 is 19.4 Å². The van der Waals surface area contributed by atoms with Crippen molar-refractivity contribution in [1.82, 2.24) is 0 Å². The predicted octanol–water partition coefficient (Wildman–Crippen LogP) is 3.33. The van der Waals surface area contributed by atoms with Crippen LogP contribution in [-0.2, 0) is 9.59 Å². The number of halogens is 2. The van der Waals surface area contributed by atoms with Crippen LogP contribution < -0.4 is 15.8 Å². The van der Waals surface area contributed by atoms with Gasteiger partial charge >= 0.3 is 0 Å². The molecule has 4 N–H and O–H groups in total. The van der Waals surface area contributed by atoms with Gasteiger partial charge in [0.15, 0.2) is 6.61 Å². The Morgan fingerprint density at radius 1 is 1.26 bits per heavy atom. The van der Waals surface area contributed by atoms with Gasteiger partial charge in [-0.15, -0.1) is 0 Å². The number of benzene rings is 2. The molecule has 2 aromatic carbocycles. The fraction of sp³-hybridized carbons (Fsp3) is 0.0556. The van der Waals surface area contributed by atoms with Crippen molar-refractivity contribution in [2.24, 2.45) is 5.73 Å². The molecule has 0 aliphatic heterocycles. The first-order valence-corrected chi connectivity index (χ1v) is 9.01. The van der Waals surface area contributed by atoms with E-state index in [9.17, 15) is 20.0 Å². The number of primary amides is 1. The van der Waals surface area contributed by atoms with Crippen molar-refractivity contribution in [1.29, 1.82) is 5.26 Å². The number of nitrogens with zero attached hydrogens (tertiary/aromatic N) is 1. The summed E-state index contributed by atoms with van der Waals surface area (Å²) in [5, 5.41) is 21.2. The highest BCUT2D eigenvalue weighted by Crippen LogP contribution is 2.34. The highest BCUT2D eigenvalue weighted by Gasteiger charge is 2.15. The Bertz CT molecular complexity index is 950. The van der Waals surface area contributed by atoms with Crippen LogP contribution in [0.5, 0.6) is 11.5 Å². The number of nitrogens with one attached hydrogen (secondary N) is 1. The lowest BCUT2D eigenvalue weighted by Crippen LogP contribution is -2.20. The number of phenolic OH excluding ortho intramolecular Hbond substituents is 1. The second-order valence-electron chi connectivity index (χ2n) is 5.23. The van der Waals surface area contributed by atoms with Gasteiger partial charge in [0.05, 0.1) is 4.47 Å². The van der Waals surface area contributed by atoms with E-state index < -0.39 is 11.8 Å². The van der Waals surface area contributed by atoms with Gasteiger partial charge in [-0.1, -0.05) is 15.9 Å². The third kappa shape index (κ3) is 5.84. The quantitative estimate of drug-likeness (QED) is 0.322. The van der Waals surface area contributed by atoms with Gasteiger partial charge in [-0.3, -0.25) is 9.59 Å². The van der Waals surface area contributed by atoms with E-state index in [0.717, 1.165) is 0 Å². The lowest BCUT2D eigenvalue weighted by molar-refractivity contribution is -0.120. The Morgan fingerprint density at radius 3 is 2.52 bits per heavy atom. The van der Waals surface area contributed by atoms with Crippen LogP contribution in [0.1, 0.15) is 5.56 Å². The monoisotopic (exact) mass is 493 g/mol. The standard InChI is InChI=1S/C18H13Br2N3O4/c19-12-6-10(17(15(20)7-12)27-9-16(22)25)5-11(8-21)18(26)23-13-1-3-14(24)4-2-13/h1-7,24H,9H2,(H2,22,25)(H,23,26)/b11-5+. The summed E-state index contributed by atoms with van der Waals surface area (Å²) in [5.74, 6) is -0.980. The number of aromatic hydroxyl groups is 1. The highest BCUT2D eigenvalue weighted by molar-refractivity contribution is 9.11. The molecule has 7 nitrogen and oxygen atoms in total. The van der Waals surface area contributed by atoms with Crippen molar-refractivity contribution in [3.8, 4) is 17.6 Å². The van der Waals surface area contributed by atoms with E-state index in [4.69, 9.17) is 10.5 Å². The van der Waals surface area contributed by atoms with E-state index in [0.29, 0.717) is 20.2 Å². The van der Waals surface area contributed by atoms with Crippen molar-refractivity contribution >= 4 is 55.4 Å². The molecule has 0 spiro atoms. The van der Waals surface area contributed by atoms with E-state index in [1.165, 1.54) is 30.3 Å². The van der Waals surface area contributed by atoms with E-state index in [2.05, 4.69) is 37.2 Å². The third-order valence-electron chi connectivity index (χ3n) is 3.19. The molecule has 0 unspecified atom stereocenters. The number of anilines is 1. The summed E-state index contributed by atoms with van der Waals surface area (Å²) in [7, 11) is 0. The van der Waals surface area contributed by atoms with Gasteiger partial charge in [0.2, 0.25) is 0 Å². The largest absolute Gasteiger partial charge is 0.508 e. The van der Waals surface area contributed by atoms with Crippen molar-refractivity contribution in [3.63, 3.8) is 0 Å². The summed E-state index contributed by atoms with van der Waals surface area (Å²) >= 11 is 6.64. The molecular weight excluding hydrogens is 482 g/mol. The molecule has 0 aliphatic carbocycles. The zero-order valence-corrected chi connectivity index (χ0v) is 16.9. The fourth-order valence-electron chi connectivity index (χ4n) is 2.03. The van der Waals surface area contributed by atoms with Crippen LogP contribution in [0.2, 0.25) is 0 Å². The molecule has 0 aliphatic rings. The summed E-state index contributed by atoms with van der Waals surface area (Å²) in [6.45, 7) is -0.358. The Kier molecular flexibility index (Phi) is 6.98. The molecular formula is C18H13Br2N3O4. The highest BCUT2D eigenvalue weighted by atomic mass is 79.9. The van der Waals surface area contributed by atoms with E-state index in [-0.39, 0.29) is 23.7 Å². The maximum atomic E-state index is 12.4. The molecule has 0 heterocycles. The third-order valence-corrected chi connectivity index (χ3v) is 4.23. The average Bonchev–Trinajstić information content (AvgIpc) is 2.60. The fourth-order valence-corrected chi connectivity index (χ4v) is 3.40. The van der Waals surface area contributed by atoms with E-state index in [1.807, 2.05) is 6.07 Å². The summed E-state index contributed by atoms with van der Waals surface area (Å²) in [4.78, 5) is 23.4. The van der Waals surface area contributed by atoms with Gasteiger partial charge in [0.1, 0.15) is 23.1 Å². The Morgan fingerprint density at radius 2 is 1.93 bits per heavy atom. The van der Waals surface area contributed by atoms with Crippen molar-refractivity contribution in [2.75, 3.05) is 11.9 Å². The van der Waals surface area contributed by atoms with Crippen LogP contribution in [-0.4, -0.2) is 23.5 Å². The number of nitriles is 1. The van der Waals surface area contributed by atoms with Gasteiger partial charge < -0.3 is 20.9 Å². The molecule has 2 rings (SSSR count). The molecule has 0 bridgehead atoms. The smallest absolute Gasteiger partial charge is 0.266 e. The molecule has 0 fully saturated rings. The number of hydrogen-bond donors (Lipinski definition) is 3. The molecule has 27 heavy (non-hydrogen) atoms. The molecule has 0 aromatic heterocycles. The number of carbonyl (C=O) groups is 2. The minimum absolute atomic E-state index is 0.0549. The van der Waals surface area contributed by atoms with Gasteiger partial charge in [-0.2, -0.15) is 5.26 Å². The van der Waals surface area contributed by atoms with Gasteiger partial charge in [0, 0.05) is 15.7 Å². The number of rotatable bonds is 6. The summed E-state index contributed by atoms with van der Waals surface area (Å²) in [6.07, 6.45) is 1.33. The number of phenols is 1. The number of carbonyl (C=O) groups excluding carboxylic acids is 2. The second kappa shape index (κ2) is 9.21. The van der Waals surface area contributed by atoms with E-state index in [1.54, 1.807) is 12.1 Å². The second-order valence-corrected chi connectivity index (χ2v) is 7.00. The number of nitrogens with two attached hydrogens (primary N) is 1. The Hall–Kier alpha value is -2.83. The maximum Gasteiger partial charge on any atom is 0.266 e. The van der Waals surface area contributed by atoms with Crippen molar-refractivity contribution in [2.45, 2.75) is 0 Å². The minimum Gasteiger partial charge on any atom is -0.508 e. The van der Waals surface area contributed by atoms with Crippen LogP contribution in [0.3, 0.4) is 0 Å². The van der Waals surface area contributed by atoms with Crippen LogP contribution in [0.25, 0.3) is 6.08 Å². The SMILES string of the molecule is N#C/C(=C\c1cc(Br)cc(Br)c1OCC(N)=O)C(=O)Nc1ccc(O)cc1. The summed E-state index contributed by atoms with van der Waals surface area (Å²) in [6, 6.07) is 11.0. The van der Waals surface area contributed by atoms with Crippen LogP contribution in [0.4, 0.5) is 5.69 Å². The molecule has 9 heteroatoms. The normalized spacial score (nSPS) is 10.8. The molecule has 2 aromatic rings. The Labute approximate surface area is 171 Å². The minimum atomic E-state index is -0.662. The molecule has 0 saturated heterocycles. The average molecular weight is 495 g/mol. The predicted molar refractivity (Wildman–Crippen MR) is 107 cm³/mol.